The SMILES string of the molecule is Clc1nc2n(n1)c1nc(-c3ccc4c5ccccc5n(-c5ccccc5)c4c3)nn1c1nc(-c3ccc4c5ccccc5n(-c5ccccc5)c4c3)nn21. The number of hydrogen-bond donors (Lipinski definition) is 0. The first-order valence-electron chi connectivity index (χ1n) is 17.4. The molecule has 0 radical (unpaired) electrons. The van der Waals surface area contributed by atoms with Crippen molar-refractivity contribution < 1.29 is 0 Å². The molecular weight excluding hydrogens is 694 g/mol. The monoisotopic (exact) mass is 717 g/mol. The maximum atomic E-state index is 6.42. The van der Waals surface area contributed by atoms with Gasteiger partial charge in [-0.3, -0.25) is 0 Å². The highest BCUT2D eigenvalue weighted by molar-refractivity contribution is 6.28. The fourth-order valence-corrected chi connectivity index (χ4v) is 8.03. The molecule has 0 N–H and O–H groups in total. The average Bonchev–Trinajstić information content (AvgIpc) is 4.05. The zero-order chi connectivity index (χ0) is 35.5. The summed E-state index contributed by atoms with van der Waals surface area (Å²) in [5, 5.41) is 19.1. The van der Waals surface area contributed by atoms with Crippen molar-refractivity contribution in [1.29, 1.82) is 0 Å². The molecule has 6 heterocycles. The number of fused-ring (bicyclic) bond motifs is 12. The fourth-order valence-electron chi connectivity index (χ4n) is 7.88. The van der Waals surface area contributed by atoms with Gasteiger partial charge in [-0.15, -0.1) is 15.3 Å². The van der Waals surface area contributed by atoms with Crippen LogP contribution in [0.5, 0.6) is 0 Å². The van der Waals surface area contributed by atoms with Gasteiger partial charge in [0.1, 0.15) is 0 Å². The Balaban J connectivity index is 1.07. The summed E-state index contributed by atoms with van der Waals surface area (Å²) in [5.74, 6) is 2.22. The molecule has 0 fully saturated rings. The summed E-state index contributed by atoms with van der Waals surface area (Å²) in [6.45, 7) is 0. The van der Waals surface area contributed by atoms with Crippen molar-refractivity contribution in [1.82, 2.24) is 52.9 Å². The van der Waals surface area contributed by atoms with Crippen LogP contribution in [0.25, 0.3) is 95.1 Å². The predicted molar refractivity (Wildman–Crippen MR) is 211 cm³/mol. The third-order valence-corrected chi connectivity index (χ3v) is 10.4. The van der Waals surface area contributed by atoms with Crippen molar-refractivity contribution in [3.63, 3.8) is 0 Å². The smallest absolute Gasteiger partial charge is 0.261 e. The minimum atomic E-state index is 0.0635. The van der Waals surface area contributed by atoms with Gasteiger partial charge >= 0.3 is 0 Å². The first-order chi connectivity index (χ1) is 26.7. The molecule has 0 aliphatic heterocycles. The van der Waals surface area contributed by atoms with Crippen molar-refractivity contribution in [2.24, 2.45) is 0 Å². The molecule has 54 heavy (non-hydrogen) atoms. The quantitative estimate of drug-likeness (QED) is 0.180. The molecule has 6 aromatic heterocycles. The molecule has 0 spiro atoms. The maximum absolute atomic E-state index is 6.42. The van der Waals surface area contributed by atoms with Crippen LogP contribution in [0.3, 0.4) is 0 Å². The largest absolute Gasteiger partial charge is 0.309 e. The Morgan fingerprint density at radius 1 is 0.370 bits per heavy atom. The van der Waals surface area contributed by atoms with Crippen molar-refractivity contribution in [2.45, 2.75) is 0 Å². The van der Waals surface area contributed by atoms with E-state index in [1.165, 1.54) is 10.8 Å². The van der Waals surface area contributed by atoms with Gasteiger partial charge < -0.3 is 9.13 Å². The lowest BCUT2D eigenvalue weighted by molar-refractivity contribution is 0.817. The molecule has 0 saturated heterocycles. The summed E-state index contributed by atoms with van der Waals surface area (Å²) in [7, 11) is 0. The Bertz CT molecular complexity index is 3230. The highest BCUT2D eigenvalue weighted by Crippen LogP contribution is 2.36. The van der Waals surface area contributed by atoms with Gasteiger partial charge in [0.15, 0.2) is 11.6 Å². The molecule has 0 aliphatic rings. The summed E-state index contributed by atoms with van der Waals surface area (Å²) in [6.07, 6.45) is 0. The molecule has 12 aromatic rings. The van der Waals surface area contributed by atoms with Crippen LogP contribution < -0.4 is 0 Å². The number of nitrogens with zero attached hydrogens (tertiary/aromatic N) is 11. The first-order valence-corrected chi connectivity index (χ1v) is 17.8. The second-order valence-electron chi connectivity index (χ2n) is 13.2. The van der Waals surface area contributed by atoms with E-state index in [1.807, 2.05) is 12.1 Å². The van der Waals surface area contributed by atoms with Crippen LogP contribution >= 0.6 is 11.6 Å². The van der Waals surface area contributed by atoms with Crippen LogP contribution in [-0.2, 0) is 0 Å². The Morgan fingerprint density at radius 2 is 0.778 bits per heavy atom. The number of para-hydroxylation sites is 4. The van der Waals surface area contributed by atoms with E-state index < -0.39 is 0 Å². The van der Waals surface area contributed by atoms with E-state index in [2.05, 4.69) is 153 Å². The van der Waals surface area contributed by atoms with E-state index in [0.29, 0.717) is 29.0 Å². The lowest BCUT2D eigenvalue weighted by Crippen LogP contribution is -2.06. The highest BCUT2D eigenvalue weighted by atomic mass is 35.5. The van der Waals surface area contributed by atoms with E-state index >= 15 is 0 Å². The summed E-state index contributed by atoms with van der Waals surface area (Å²) in [5.41, 5.74) is 8.16. The van der Waals surface area contributed by atoms with Gasteiger partial charge in [0.05, 0.1) is 22.1 Å². The van der Waals surface area contributed by atoms with E-state index in [1.54, 1.807) is 13.5 Å². The van der Waals surface area contributed by atoms with Gasteiger partial charge in [-0.1, -0.05) is 97.1 Å². The van der Waals surface area contributed by atoms with Gasteiger partial charge in [0.25, 0.3) is 17.3 Å². The van der Waals surface area contributed by atoms with Gasteiger partial charge in [0, 0.05) is 44.0 Å². The number of rotatable bonds is 4. The normalized spacial score (nSPS) is 12.2. The minimum absolute atomic E-state index is 0.0635. The summed E-state index contributed by atoms with van der Waals surface area (Å²) < 4.78 is 9.38. The number of benzene rings is 6. The topological polar surface area (TPSA) is 100 Å². The molecule has 0 bridgehead atoms. The number of hydrogen-bond acceptors (Lipinski definition) is 6. The molecule has 12 heteroatoms. The molecule has 0 atom stereocenters. The maximum Gasteiger partial charge on any atom is 0.261 e. The van der Waals surface area contributed by atoms with Crippen molar-refractivity contribution >= 4 is 72.5 Å². The van der Waals surface area contributed by atoms with Gasteiger partial charge in [-0.05, 0) is 60.1 Å². The third kappa shape index (κ3) is 4.06. The van der Waals surface area contributed by atoms with E-state index in [4.69, 9.17) is 31.8 Å². The van der Waals surface area contributed by atoms with Crippen LogP contribution in [0, 0.1) is 0 Å². The second-order valence-corrected chi connectivity index (χ2v) is 13.6. The zero-order valence-electron chi connectivity index (χ0n) is 28.2. The molecular formula is C42H24ClN11. The molecule has 0 unspecified atom stereocenters. The molecule has 0 amide bonds. The lowest BCUT2D eigenvalue weighted by atomic mass is 10.1. The predicted octanol–water partition coefficient (Wildman–Crippen LogP) is 9.00. The van der Waals surface area contributed by atoms with Crippen molar-refractivity contribution in [2.75, 3.05) is 0 Å². The van der Waals surface area contributed by atoms with E-state index in [0.717, 1.165) is 55.3 Å². The molecule has 6 aromatic carbocycles. The molecule has 0 saturated carbocycles. The van der Waals surface area contributed by atoms with Crippen LogP contribution in [0.2, 0.25) is 5.28 Å². The summed E-state index contributed by atoms with van der Waals surface area (Å²) in [6, 6.07) is 50.3. The van der Waals surface area contributed by atoms with Crippen molar-refractivity contribution in [3.05, 3.63) is 151 Å². The lowest BCUT2D eigenvalue weighted by Gasteiger charge is -2.07. The van der Waals surface area contributed by atoms with Crippen LogP contribution in [-0.4, -0.2) is 52.9 Å². The highest BCUT2D eigenvalue weighted by Gasteiger charge is 2.23. The number of halogens is 1. The van der Waals surface area contributed by atoms with Gasteiger partial charge in [0.2, 0.25) is 5.28 Å². The Labute approximate surface area is 309 Å². The Morgan fingerprint density at radius 3 is 1.28 bits per heavy atom. The fraction of sp³-hybridized carbons (Fsp3) is 0. The van der Waals surface area contributed by atoms with Crippen LogP contribution in [0.4, 0.5) is 0 Å². The summed E-state index contributed by atoms with van der Waals surface area (Å²) in [4.78, 5) is 14.6. The third-order valence-electron chi connectivity index (χ3n) is 10.2. The Hall–Kier alpha value is -7.37. The number of aromatic nitrogens is 11. The first kappa shape index (κ1) is 29.2. The zero-order valence-corrected chi connectivity index (χ0v) is 28.9. The van der Waals surface area contributed by atoms with E-state index in [9.17, 15) is 0 Å². The minimum Gasteiger partial charge on any atom is -0.309 e. The summed E-state index contributed by atoms with van der Waals surface area (Å²) >= 11 is 6.42. The molecule has 12 rings (SSSR count). The van der Waals surface area contributed by atoms with Crippen LogP contribution in [0.15, 0.2) is 146 Å². The average molecular weight is 718 g/mol. The second kappa shape index (κ2) is 10.8. The molecule has 0 aliphatic carbocycles. The van der Waals surface area contributed by atoms with Crippen LogP contribution in [0.1, 0.15) is 0 Å². The van der Waals surface area contributed by atoms with Gasteiger partial charge in [-0.2, -0.15) is 28.5 Å². The standard InChI is InChI=1S/C42H24ClN11/c43-39-46-42-53-40(44-37(48-53)25-19-21-31-29-15-7-9-17-33(29)50(35(31)23-25)27-11-3-1-4-12-27)52-41(54(42)49-39)45-38(47-52)26-20-22-32-30-16-8-10-18-34(30)51(36(32)24-26)28-13-5-2-6-14-28/h1-24H. The molecule has 11 nitrogen and oxygen atoms in total. The van der Waals surface area contributed by atoms with Gasteiger partial charge in [-0.25, -0.2) is 0 Å². The molecule has 254 valence electrons. The van der Waals surface area contributed by atoms with E-state index in [-0.39, 0.29) is 5.28 Å². The Kier molecular flexibility index (Phi) is 5.86. The van der Waals surface area contributed by atoms with Crippen molar-refractivity contribution in [3.8, 4) is 34.2 Å².